The Morgan fingerprint density at radius 3 is 1.89 bits per heavy atom. The molecule has 0 aromatic heterocycles. The molecule has 0 radical (unpaired) electrons. The normalized spacial score (nSPS) is 12.5. The van der Waals surface area contributed by atoms with Gasteiger partial charge in [-0.05, 0) is 6.42 Å². The van der Waals surface area contributed by atoms with Crippen LogP contribution in [0.25, 0.3) is 0 Å². The zero-order valence-corrected chi connectivity index (χ0v) is 11.4. The summed E-state index contributed by atoms with van der Waals surface area (Å²) in [6, 6.07) is 0. The van der Waals surface area contributed by atoms with Crippen LogP contribution in [0.4, 0.5) is 0 Å². The summed E-state index contributed by atoms with van der Waals surface area (Å²) in [5.41, 5.74) is 0. The van der Waals surface area contributed by atoms with Crippen molar-refractivity contribution in [3.8, 4) is 0 Å². The standard InChI is InChI=1S/C12H24O7/c1-2-11(13)9-18-7-5-16-3-4-17-6-8-19-10-12(14)15/h11,13H,2-10H2,1H3,(H,14,15). The number of carboxylic acids is 1. The number of hydrogen-bond acceptors (Lipinski definition) is 6. The molecule has 2 N–H and O–H groups in total. The van der Waals surface area contributed by atoms with Crippen LogP contribution in [0, 0.1) is 0 Å². The molecule has 1 atom stereocenters. The third-order valence-corrected chi connectivity index (χ3v) is 2.12. The summed E-state index contributed by atoms with van der Waals surface area (Å²) in [6.45, 7) is 4.28. The fourth-order valence-corrected chi connectivity index (χ4v) is 1.05. The number of rotatable bonds is 14. The Balaban J connectivity index is 3.01. The first kappa shape index (κ1) is 18.3. The lowest BCUT2D eigenvalue weighted by molar-refractivity contribution is -0.142. The van der Waals surface area contributed by atoms with Crippen molar-refractivity contribution < 1.29 is 34.0 Å². The second kappa shape index (κ2) is 13.7. The fourth-order valence-electron chi connectivity index (χ4n) is 1.05. The Kier molecular flexibility index (Phi) is 13.2. The molecule has 7 heteroatoms. The molecular weight excluding hydrogens is 256 g/mol. The first-order chi connectivity index (χ1) is 9.16. The number of aliphatic carboxylic acids is 1. The maximum atomic E-state index is 10.1. The Morgan fingerprint density at radius 1 is 0.947 bits per heavy atom. The maximum Gasteiger partial charge on any atom is 0.329 e. The highest BCUT2D eigenvalue weighted by atomic mass is 16.6. The largest absolute Gasteiger partial charge is 0.480 e. The number of ether oxygens (including phenoxy) is 4. The van der Waals surface area contributed by atoms with Crippen LogP contribution in [0.1, 0.15) is 13.3 Å². The van der Waals surface area contributed by atoms with Gasteiger partial charge >= 0.3 is 5.97 Å². The topological polar surface area (TPSA) is 94.5 Å². The highest BCUT2D eigenvalue weighted by molar-refractivity contribution is 5.67. The van der Waals surface area contributed by atoms with Gasteiger partial charge in [0.2, 0.25) is 0 Å². The van der Waals surface area contributed by atoms with Crippen molar-refractivity contribution >= 4 is 5.97 Å². The quantitative estimate of drug-likeness (QED) is 0.429. The van der Waals surface area contributed by atoms with Crippen molar-refractivity contribution in [2.75, 3.05) is 52.9 Å². The second-order valence-electron chi connectivity index (χ2n) is 3.81. The van der Waals surface area contributed by atoms with Gasteiger partial charge in [0.1, 0.15) is 6.61 Å². The summed E-state index contributed by atoms with van der Waals surface area (Å²) in [6.07, 6.45) is 0.271. The second-order valence-corrected chi connectivity index (χ2v) is 3.81. The molecule has 0 rings (SSSR count). The highest BCUT2D eigenvalue weighted by Gasteiger charge is 1.99. The molecule has 0 amide bonds. The predicted octanol–water partition coefficient (Wildman–Crippen LogP) is -0.0917. The summed E-state index contributed by atoms with van der Waals surface area (Å²) in [5.74, 6) is -0.989. The van der Waals surface area contributed by atoms with E-state index >= 15 is 0 Å². The predicted molar refractivity (Wildman–Crippen MR) is 67.2 cm³/mol. The smallest absolute Gasteiger partial charge is 0.329 e. The number of carboxylic acid groups (broad SMARTS) is 1. The third-order valence-electron chi connectivity index (χ3n) is 2.12. The van der Waals surface area contributed by atoms with E-state index in [1.165, 1.54) is 0 Å². The van der Waals surface area contributed by atoms with E-state index in [1.54, 1.807) is 0 Å². The van der Waals surface area contributed by atoms with Gasteiger partial charge in [-0.25, -0.2) is 4.79 Å². The monoisotopic (exact) mass is 280 g/mol. The molecule has 0 aliphatic rings. The molecule has 0 aromatic carbocycles. The van der Waals surface area contributed by atoms with Crippen LogP contribution in [0.5, 0.6) is 0 Å². The van der Waals surface area contributed by atoms with E-state index in [9.17, 15) is 9.90 Å². The minimum absolute atomic E-state index is 0.254. The number of hydrogen-bond donors (Lipinski definition) is 2. The Labute approximate surface area is 113 Å². The molecule has 0 heterocycles. The molecule has 0 fully saturated rings. The maximum absolute atomic E-state index is 10.1. The SMILES string of the molecule is CCC(O)COCCOCCOCCOCC(=O)O. The van der Waals surface area contributed by atoms with E-state index in [0.717, 1.165) is 0 Å². The Morgan fingerprint density at radius 2 is 1.42 bits per heavy atom. The van der Waals surface area contributed by atoms with E-state index in [1.807, 2.05) is 6.92 Å². The number of aliphatic hydroxyl groups excluding tert-OH is 1. The highest BCUT2D eigenvalue weighted by Crippen LogP contribution is 1.90. The van der Waals surface area contributed by atoms with Crippen LogP contribution >= 0.6 is 0 Å². The molecule has 0 aromatic rings. The van der Waals surface area contributed by atoms with Crippen LogP contribution < -0.4 is 0 Å². The fraction of sp³-hybridized carbons (Fsp3) is 0.917. The molecule has 7 nitrogen and oxygen atoms in total. The van der Waals surface area contributed by atoms with Crippen molar-refractivity contribution in [1.82, 2.24) is 0 Å². The molecule has 1 unspecified atom stereocenters. The first-order valence-electron chi connectivity index (χ1n) is 6.37. The first-order valence-corrected chi connectivity index (χ1v) is 6.37. The van der Waals surface area contributed by atoms with Gasteiger partial charge in [0.25, 0.3) is 0 Å². The minimum atomic E-state index is -0.989. The molecule has 0 aliphatic carbocycles. The van der Waals surface area contributed by atoms with Gasteiger partial charge in [0.05, 0.1) is 52.4 Å². The number of aliphatic hydroxyl groups is 1. The number of carbonyl (C=O) groups is 1. The van der Waals surface area contributed by atoms with Crippen LogP contribution in [-0.2, 0) is 23.7 Å². The zero-order valence-electron chi connectivity index (χ0n) is 11.4. The summed E-state index contributed by atoms with van der Waals surface area (Å²) >= 11 is 0. The average molecular weight is 280 g/mol. The van der Waals surface area contributed by atoms with E-state index in [-0.39, 0.29) is 13.2 Å². The van der Waals surface area contributed by atoms with E-state index in [2.05, 4.69) is 0 Å². The summed E-state index contributed by atoms with van der Waals surface area (Å²) < 4.78 is 20.3. The van der Waals surface area contributed by atoms with Crippen molar-refractivity contribution in [1.29, 1.82) is 0 Å². The summed E-state index contributed by atoms with van der Waals surface area (Å²) in [4.78, 5) is 10.1. The molecule has 0 spiro atoms. The lowest BCUT2D eigenvalue weighted by atomic mass is 10.3. The molecule has 0 saturated heterocycles. The van der Waals surface area contributed by atoms with Gasteiger partial charge in [0, 0.05) is 0 Å². The zero-order chi connectivity index (χ0) is 14.3. The molecule has 114 valence electrons. The van der Waals surface area contributed by atoms with E-state index in [4.69, 9.17) is 24.1 Å². The van der Waals surface area contributed by atoms with Gasteiger partial charge < -0.3 is 29.2 Å². The molecule has 0 saturated carbocycles. The summed E-state index contributed by atoms with van der Waals surface area (Å²) in [5, 5.41) is 17.5. The lowest BCUT2D eigenvalue weighted by Gasteiger charge is -2.09. The van der Waals surface area contributed by atoms with E-state index in [0.29, 0.717) is 46.1 Å². The van der Waals surface area contributed by atoms with E-state index < -0.39 is 12.1 Å². The van der Waals surface area contributed by atoms with Crippen molar-refractivity contribution in [2.45, 2.75) is 19.4 Å². The van der Waals surface area contributed by atoms with Crippen LogP contribution in [0.3, 0.4) is 0 Å². The lowest BCUT2D eigenvalue weighted by Crippen LogP contribution is -2.17. The molecule has 19 heavy (non-hydrogen) atoms. The van der Waals surface area contributed by atoms with Crippen LogP contribution in [0.15, 0.2) is 0 Å². The minimum Gasteiger partial charge on any atom is -0.480 e. The Bertz CT molecular complexity index is 210. The van der Waals surface area contributed by atoms with Crippen molar-refractivity contribution in [3.63, 3.8) is 0 Å². The average Bonchev–Trinajstić information content (AvgIpc) is 2.39. The van der Waals surface area contributed by atoms with Crippen LogP contribution in [0.2, 0.25) is 0 Å². The van der Waals surface area contributed by atoms with Gasteiger partial charge in [0.15, 0.2) is 0 Å². The molecule has 0 bridgehead atoms. The molecule has 0 aliphatic heterocycles. The van der Waals surface area contributed by atoms with Crippen molar-refractivity contribution in [2.24, 2.45) is 0 Å². The van der Waals surface area contributed by atoms with Crippen LogP contribution in [-0.4, -0.2) is 75.1 Å². The third kappa shape index (κ3) is 15.2. The van der Waals surface area contributed by atoms with Gasteiger partial charge in [-0.2, -0.15) is 0 Å². The Hall–Kier alpha value is -0.730. The van der Waals surface area contributed by atoms with Crippen molar-refractivity contribution in [3.05, 3.63) is 0 Å². The summed E-state index contributed by atoms with van der Waals surface area (Å²) in [7, 11) is 0. The van der Waals surface area contributed by atoms with Gasteiger partial charge in [-0.1, -0.05) is 6.92 Å². The van der Waals surface area contributed by atoms with Gasteiger partial charge in [-0.3, -0.25) is 0 Å². The van der Waals surface area contributed by atoms with Gasteiger partial charge in [-0.15, -0.1) is 0 Å². The molecular formula is C12H24O7.